The zero-order valence-corrected chi connectivity index (χ0v) is 26.3. The Morgan fingerprint density at radius 2 is 1.83 bits per heavy atom. The number of benzene rings is 2. The average Bonchev–Trinajstić information content (AvgIpc) is 2.90. The smallest absolute Gasteiger partial charge is 0.189 e. The van der Waals surface area contributed by atoms with Gasteiger partial charge in [0.2, 0.25) is 0 Å². The van der Waals surface area contributed by atoms with Gasteiger partial charge in [0.15, 0.2) is 21.4 Å². The molecule has 5 rings (SSSR count). The van der Waals surface area contributed by atoms with E-state index in [9.17, 15) is 17.4 Å². The third-order valence-electron chi connectivity index (χ3n) is 7.89. The van der Waals surface area contributed by atoms with Crippen LogP contribution < -0.4 is 9.46 Å². The standard InChI is InChI=1S/C28H34ClF2NO6S3/c1-26(2,3)40(33)32-27(15-36-16-27)17-39-13-10-23-20-14-38-25-22(31)9-8-21(30)24(25)28(20,11-12-37-23)41(34,35)19-6-4-18(29)5-7-19/h4-9,20,23,32H,10-17H2,1-3H3/t20-,23-,28-,40+/m0/s1. The Kier molecular flexibility index (Phi) is 8.98. The molecule has 4 atom stereocenters. The predicted molar refractivity (Wildman–Crippen MR) is 157 cm³/mol. The van der Waals surface area contributed by atoms with Crippen molar-refractivity contribution in [2.75, 3.05) is 37.9 Å². The molecule has 2 fully saturated rings. The molecular weight excluding hydrogens is 616 g/mol. The van der Waals surface area contributed by atoms with Crippen molar-refractivity contribution in [2.24, 2.45) is 5.92 Å². The summed E-state index contributed by atoms with van der Waals surface area (Å²) in [6.07, 6.45) is -0.173. The van der Waals surface area contributed by atoms with Gasteiger partial charge < -0.3 is 18.8 Å². The van der Waals surface area contributed by atoms with Gasteiger partial charge in [-0.2, -0.15) is 11.8 Å². The maximum absolute atomic E-state index is 15.6. The summed E-state index contributed by atoms with van der Waals surface area (Å²) in [7, 11) is -4.25. The van der Waals surface area contributed by atoms with Gasteiger partial charge in [-0.1, -0.05) is 11.6 Å². The van der Waals surface area contributed by atoms with Crippen LogP contribution in [0.5, 0.6) is 5.75 Å². The molecule has 3 aliphatic heterocycles. The quantitative estimate of drug-likeness (QED) is 0.299. The molecule has 3 heterocycles. The monoisotopic (exact) mass is 649 g/mol. The van der Waals surface area contributed by atoms with Crippen molar-refractivity contribution in [1.82, 2.24) is 4.72 Å². The number of ether oxygens (including phenoxy) is 3. The number of thioether (sulfide) groups is 1. The number of sulfone groups is 1. The second-order valence-electron chi connectivity index (χ2n) is 11.8. The highest BCUT2D eigenvalue weighted by molar-refractivity contribution is 7.99. The molecule has 0 aromatic heterocycles. The normalized spacial score (nSPS) is 26.3. The largest absolute Gasteiger partial charge is 0.598 e. The Bertz CT molecular complexity index is 1370. The molecule has 13 heteroatoms. The van der Waals surface area contributed by atoms with Crippen molar-refractivity contribution < 1.29 is 36.0 Å². The lowest BCUT2D eigenvalue weighted by Gasteiger charge is -2.50. The fraction of sp³-hybridized carbons (Fsp3) is 0.571. The topological polar surface area (TPSA) is 96.9 Å². The zero-order chi connectivity index (χ0) is 29.6. The van der Waals surface area contributed by atoms with Crippen LogP contribution in [-0.4, -0.2) is 67.3 Å². The Hall–Kier alpha value is -1.12. The highest BCUT2D eigenvalue weighted by Gasteiger charge is 2.61. The first-order chi connectivity index (χ1) is 19.3. The molecule has 0 spiro atoms. The molecule has 0 aliphatic carbocycles. The van der Waals surface area contributed by atoms with E-state index in [4.69, 9.17) is 25.8 Å². The second-order valence-corrected chi connectivity index (χ2v) is 17.5. The van der Waals surface area contributed by atoms with Crippen molar-refractivity contribution in [1.29, 1.82) is 0 Å². The van der Waals surface area contributed by atoms with Crippen LogP contribution in [0.2, 0.25) is 5.02 Å². The Labute approximate surface area is 252 Å². The van der Waals surface area contributed by atoms with E-state index in [0.717, 1.165) is 12.1 Å². The van der Waals surface area contributed by atoms with Crippen LogP contribution in [-0.2, 0) is 35.4 Å². The predicted octanol–water partition coefficient (Wildman–Crippen LogP) is 5.03. The van der Waals surface area contributed by atoms with Crippen molar-refractivity contribution in [3.63, 3.8) is 0 Å². The number of nitrogens with one attached hydrogen (secondary N) is 1. The molecule has 2 aromatic rings. The van der Waals surface area contributed by atoms with Gasteiger partial charge in [0.1, 0.15) is 20.9 Å². The van der Waals surface area contributed by atoms with E-state index >= 15 is 4.39 Å². The number of rotatable bonds is 9. The van der Waals surface area contributed by atoms with Crippen molar-refractivity contribution in [2.45, 2.75) is 59.6 Å². The molecule has 226 valence electrons. The summed E-state index contributed by atoms with van der Waals surface area (Å²) in [6, 6.07) is 7.63. The average molecular weight is 650 g/mol. The number of halogens is 3. The van der Waals surface area contributed by atoms with Gasteiger partial charge >= 0.3 is 0 Å². The minimum atomic E-state index is -4.25. The van der Waals surface area contributed by atoms with E-state index in [1.54, 1.807) is 11.8 Å². The summed E-state index contributed by atoms with van der Waals surface area (Å²) in [5.74, 6) is -1.55. The summed E-state index contributed by atoms with van der Waals surface area (Å²) in [5.41, 5.74) is -0.685. The van der Waals surface area contributed by atoms with Crippen LogP contribution in [0.25, 0.3) is 0 Å². The highest BCUT2D eigenvalue weighted by Crippen LogP contribution is 2.56. The molecule has 41 heavy (non-hydrogen) atoms. The first kappa shape index (κ1) is 31.3. The van der Waals surface area contributed by atoms with Crippen LogP contribution >= 0.6 is 23.4 Å². The lowest BCUT2D eigenvalue weighted by molar-refractivity contribution is -0.0731. The molecule has 1 N–H and O–H groups in total. The maximum atomic E-state index is 15.6. The van der Waals surface area contributed by atoms with Gasteiger partial charge in [0.25, 0.3) is 0 Å². The van der Waals surface area contributed by atoms with Crippen LogP contribution in [0.1, 0.15) is 39.2 Å². The Balaban J connectivity index is 1.41. The maximum Gasteiger partial charge on any atom is 0.189 e. The molecule has 0 amide bonds. The summed E-state index contributed by atoms with van der Waals surface area (Å²) in [4.78, 5) is -0.0247. The molecule has 2 aromatic carbocycles. The summed E-state index contributed by atoms with van der Waals surface area (Å²) >= 11 is 6.39. The molecule has 3 aliphatic rings. The third kappa shape index (κ3) is 5.75. The molecule has 0 saturated carbocycles. The lowest BCUT2D eigenvalue weighted by Crippen LogP contribution is -2.65. The summed E-state index contributed by atoms with van der Waals surface area (Å²) in [5, 5.41) is 0.361. The molecule has 0 radical (unpaired) electrons. The van der Waals surface area contributed by atoms with Gasteiger partial charge in [-0.3, -0.25) is 0 Å². The molecule has 0 unspecified atom stereocenters. The minimum absolute atomic E-state index is 0.0247. The van der Waals surface area contributed by atoms with Crippen LogP contribution in [0.4, 0.5) is 8.78 Å². The van der Waals surface area contributed by atoms with E-state index in [2.05, 4.69) is 4.72 Å². The third-order valence-corrected chi connectivity index (χ3v) is 13.7. The van der Waals surface area contributed by atoms with Gasteiger partial charge in [0.05, 0.1) is 36.4 Å². The summed E-state index contributed by atoms with van der Waals surface area (Å²) in [6.45, 7) is 6.52. The number of fused-ring (bicyclic) bond motifs is 3. The second kappa shape index (κ2) is 11.8. The van der Waals surface area contributed by atoms with E-state index in [-0.39, 0.29) is 35.8 Å². The summed E-state index contributed by atoms with van der Waals surface area (Å²) < 4.78 is 90.3. The fourth-order valence-electron chi connectivity index (χ4n) is 5.67. The molecular formula is C28H34ClF2NO6S3. The van der Waals surface area contributed by atoms with Gasteiger partial charge in [-0.25, -0.2) is 17.2 Å². The van der Waals surface area contributed by atoms with Gasteiger partial charge in [0, 0.05) is 34.7 Å². The zero-order valence-electron chi connectivity index (χ0n) is 23.1. The van der Waals surface area contributed by atoms with Crippen LogP contribution in [0.3, 0.4) is 0 Å². The molecule has 7 nitrogen and oxygen atoms in total. The van der Waals surface area contributed by atoms with Gasteiger partial charge in [-0.15, -0.1) is 4.72 Å². The first-order valence-electron chi connectivity index (χ1n) is 13.4. The lowest BCUT2D eigenvalue weighted by atomic mass is 9.75. The van der Waals surface area contributed by atoms with E-state index in [1.165, 1.54) is 24.3 Å². The fourth-order valence-corrected chi connectivity index (χ4v) is 10.3. The van der Waals surface area contributed by atoms with Crippen molar-refractivity contribution >= 4 is 44.6 Å². The Morgan fingerprint density at radius 3 is 2.46 bits per heavy atom. The van der Waals surface area contributed by atoms with Crippen LogP contribution in [0, 0.1) is 17.6 Å². The SMILES string of the molecule is CC(C)(C)[S@@+]([O-])NC1(CSCC[C@@H]2OCC[C@@]3(S(=O)(=O)c4ccc(Cl)cc4)c4c(F)ccc(F)c4OC[C@@H]23)COC1. The molecule has 2 saturated heterocycles. The van der Waals surface area contributed by atoms with E-state index < -0.39 is 59.9 Å². The number of hydrogen-bond donors (Lipinski definition) is 1. The first-order valence-corrected chi connectivity index (χ1v) is 17.6. The minimum Gasteiger partial charge on any atom is -0.598 e. The van der Waals surface area contributed by atoms with Crippen molar-refractivity contribution in [3.05, 3.63) is 58.6 Å². The molecule has 0 bridgehead atoms. The van der Waals surface area contributed by atoms with E-state index in [0.29, 0.717) is 36.2 Å². The van der Waals surface area contributed by atoms with E-state index in [1.807, 2.05) is 20.8 Å². The number of hydrogen-bond acceptors (Lipinski definition) is 8. The van der Waals surface area contributed by atoms with Gasteiger partial charge in [-0.05, 0) is 75.8 Å². The van der Waals surface area contributed by atoms with Crippen LogP contribution in [0.15, 0.2) is 41.3 Å². The van der Waals surface area contributed by atoms with Crippen molar-refractivity contribution in [3.8, 4) is 5.75 Å². The Morgan fingerprint density at radius 1 is 1.15 bits per heavy atom. The highest BCUT2D eigenvalue weighted by atomic mass is 35.5.